The van der Waals surface area contributed by atoms with Crippen LogP contribution in [0.25, 0.3) is 11.0 Å². The van der Waals surface area contributed by atoms with Gasteiger partial charge in [0.15, 0.2) is 10.9 Å². The number of aromatic nitrogens is 2. The van der Waals surface area contributed by atoms with Crippen molar-refractivity contribution < 1.29 is 9.18 Å². The molecular weight excluding hydrogens is 203 g/mol. The molecule has 0 atom stereocenters. The molecule has 2 rings (SSSR count). The number of halogens is 1. The molecule has 0 fully saturated rings. The lowest BCUT2D eigenvalue weighted by Gasteiger charge is -1.96. The summed E-state index contributed by atoms with van der Waals surface area (Å²) >= 11 is 3.99. The number of nitrogens with one attached hydrogen (secondary N) is 1. The number of nitrogens with zero attached hydrogens (tertiary/aromatic N) is 1. The van der Waals surface area contributed by atoms with Crippen LogP contribution in [0.3, 0.4) is 0 Å². The van der Waals surface area contributed by atoms with Gasteiger partial charge in [0, 0.05) is 5.56 Å². The van der Waals surface area contributed by atoms with Crippen molar-refractivity contribution in [2.75, 3.05) is 0 Å². The van der Waals surface area contributed by atoms with E-state index in [4.69, 9.17) is 0 Å². The first kappa shape index (κ1) is 9.21. The molecule has 0 saturated carbocycles. The first-order valence-electron chi connectivity index (χ1n) is 3.97. The SMILES string of the molecule is CC(=O)c1cc(F)cc2[nH]c(S)nc12. The van der Waals surface area contributed by atoms with Gasteiger partial charge < -0.3 is 4.98 Å². The average Bonchev–Trinajstić information content (AvgIpc) is 2.42. The van der Waals surface area contributed by atoms with Crippen molar-refractivity contribution in [2.24, 2.45) is 0 Å². The third-order valence-corrected chi connectivity index (χ3v) is 2.13. The normalized spacial score (nSPS) is 10.8. The van der Waals surface area contributed by atoms with E-state index in [2.05, 4.69) is 22.6 Å². The second kappa shape index (κ2) is 3.09. The van der Waals surface area contributed by atoms with Gasteiger partial charge in [-0.2, -0.15) is 0 Å². The number of Topliss-reactive ketones (excluding diaryl/α,β-unsaturated/α-hetero) is 1. The lowest BCUT2D eigenvalue weighted by Crippen LogP contribution is -1.94. The van der Waals surface area contributed by atoms with Crippen molar-refractivity contribution in [3.05, 3.63) is 23.5 Å². The fraction of sp³-hybridized carbons (Fsp3) is 0.111. The number of hydrogen-bond donors (Lipinski definition) is 2. The number of H-pyrrole nitrogens is 1. The van der Waals surface area contributed by atoms with E-state index in [-0.39, 0.29) is 11.3 Å². The molecule has 0 spiro atoms. The van der Waals surface area contributed by atoms with Crippen LogP contribution in [0.4, 0.5) is 4.39 Å². The molecule has 0 aliphatic heterocycles. The predicted octanol–water partition coefficient (Wildman–Crippen LogP) is 2.19. The zero-order valence-corrected chi connectivity index (χ0v) is 8.23. The number of benzene rings is 1. The Morgan fingerprint density at radius 3 is 2.93 bits per heavy atom. The van der Waals surface area contributed by atoms with Crippen LogP contribution in [0.5, 0.6) is 0 Å². The summed E-state index contributed by atoms with van der Waals surface area (Å²) in [7, 11) is 0. The monoisotopic (exact) mass is 210 g/mol. The fourth-order valence-electron chi connectivity index (χ4n) is 1.34. The highest BCUT2D eigenvalue weighted by molar-refractivity contribution is 7.80. The van der Waals surface area contributed by atoms with Crippen molar-refractivity contribution in [1.82, 2.24) is 9.97 Å². The molecule has 0 unspecified atom stereocenters. The van der Waals surface area contributed by atoms with Gasteiger partial charge >= 0.3 is 0 Å². The maximum absolute atomic E-state index is 13.0. The first-order chi connectivity index (χ1) is 6.58. The number of carbonyl (C=O) groups excluding carboxylic acids is 1. The van der Waals surface area contributed by atoms with Crippen molar-refractivity contribution >= 4 is 29.4 Å². The van der Waals surface area contributed by atoms with E-state index in [1.54, 1.807) is 0 Å². The van der Waals surface area contributed by atoms with Gasteiger partial charge in [0.2, 0.25) is 0 Å². The molecule has 0 aliphatic carbocycles. The molecule has 0 bridgehead atoms. The molecule has 0 saturated heterocycles. The number of thiol groups is 1. The smallest absolute Gasteiger partial charge is 0.163 e. The Hall–Kier alpha value is -1.36. The number of fused-ring (bicyclic) bond motifs is 1. The number of carbonyl (C=O) groups is 1. The Morgan fingerprint density at radius 2 is 2.29 bits per heavy atom. The van der Waals surface area contributed by atoms with Crippen LogP contribution in [-0.4, -0.2) is 15.8 Å². The second-order valence-corrected chi connectivity index (χ2v) is 3.39. The molecule has 1 N–H and O–H groups in total. The largest absolute Gasteiger partial charge is 0.333 e. The van der Waals surface area contributed by atoms with Gasteiger partial charge in [-0.15, -0.1) is 12.6 Å². The third kappa shape index (κ3) is 1.39. The van der Waals surface area contributed by atoms with Crippen LogP contribution in [0.2, 0.25) is 0 Å². The van der Waals surface area contributed by atoms with Crippen LogP contribution in [-0.2, 0) is 0 Å². The van der Waals surface area contributed by atoms with E-state index < -0.39 is 5.82 Å². The molecule has 1 aromatic carbocycles. The zero-order valence-electron chi connectivity index (χ0n) is 7.34. The second-order valence-electron chi connectivity index (χ2n) is 2.97. The summed E-state index contributed by atoms with van der Waals surface area (Å²) in [5, 5.41) is 0.369. The zero-order chi connectivity index (χ0) is 10.3. The lowest BCUT2D eigenvalue weighted by atomic mass is 10.1. The van der Waals surface area contributed by atoms with Gasteiger partial charge in [-0.3, -0.25) is 4.79 Å². The summed E-state index contributed by atoms with van der Waals surface area (Å²) in [6.45, 7) is 1.38. The molecule has 72 valence electrons. The van der Waals surface area contributed by atoms with Gasteiger partial charge in [0.05, 0.1) is 5.52 Å². The van der Waals surface area contributed by atoms with E-state index in [0.29, 0.717) is 16.2 Å². The van der Waals surface area contributed by atoms with E-state index in [1.807, 2.05) is 0 Å². The van der Waals surface area contributed by atoms with Gasteiger partial charge in [0.1, 0.15) is 11.3 Å². The van der Waals surface area contributed by atoms with Crippen molar-refractivity contribution in [1.29, 1.82) is 0 Å². The quantitative estimate of drug-likeness (QED) is 0.560. The molecule has 1 aromatic heterocycles. The molecule has 3 nitrogen and oxygen atoms in total. The van der Waals surface area contributed by atoms with E-state index in [0.717, 1.165) is 0 Å². The van der Waals surface area contributed by atoms with Crippen LogP contribution < -0.4 is 0 Å². The Kier molecular flexibility index (Phi) is 2.03. The summed E-state index contributed by atoms with van der Waals surface area (Å²) in [5.74, 6) is -0.672. The lowest BCUT2D eigenvalue weighted by molar-refractivity contribution is 0.101. The Morgan fingerprint density at radius 1 is 1.57 bits per heavy atom. The van der Waals surface area contributed by atoms with E-state index in [1.165, 1.54) is 19.1 Å². The number of hydrogen-bond acceptors (Lipinski definition) is 3. The third-order valence-electron chi connectivity index (χ3n) is 1.92. The standard InChI is InChI=1S/C9H7FN2OS/c1-4(13)6-2-5(10)3-7-8(6)12-9(14)11-7/h2-3H,1H3,(H2,11,12,14). The van der Waals surface area contributed by atoms with Gasteiger partial charge in [0.25, 0.3) is 0 Å². The maximum atomic E-state index is 13.0. The van der Waals surface area contributed by atoms with Gasteiger partial charge in [-0.1, -0.05) is 0 Å². The highest BCUT2D eigenvalue weighted by atomic mass is 32.1. The predicted molar refractivity (Wildman–Crippen MR) is 53.3 cm³/mol. The fourth-order valence-corrected chi connectivity index (χ4v) is 1.56. The summed E-state index contributed by atoms with van der Waals surface area (Å²) in [6.07, 6.45) is 0. The van der Waals surface area contributed by atoms with Crippen molar-refractivity contribution in [3.8, 4) is 0 Å². The summed E-state index contributed by atoms with van der Waals surface area (Å²) in [4.78, 5) is 17.9. The first-order valence-corrected chi connectivity index (χ1v) is 4.42. The van der Waals surface area contributed by atoms with Crippen LogP contribution in [0.15, 0.2) is 17.3 Å². The average molecular weight is 210 g/mol. The molecule has 0 radical (unpaired) electrons. The molecule has 5 heteroatoms. The Balaban J connectivity index is 2.85. The molecule has 0 amide bonds. The molecular formula is C9H7FN2OS. The van der Waals surface area contributed by atoms with Crippen molar-refractivity contribution in [2.45, 2.75) is 12.1 Å². The Bertz CT molecular complexity index is 521. The Labute approximate surface area is 84.8 Å². The maximum Gasteiger partial charge on any atom is 0.163 e. The number of rotatable bonds is 1. The minimum Gasteiger partial charge on any atom is -0.333 e. The van der Waals surface area contributed by atoms with E-state index >= 15 is 0 Å². The van der Waals surface area contributed by atoms with E-state index in [9.17, 15) is 9.18 Å². The molecule has 0 aliphatic rings. The number of imidazole rings is 1. The molecule has 14 heavy (non-hydrogen) atoms. The highest BCUT2D eigenvalue weighted by Crippen LogP contribution is 2.20. The van der Waals surface area contributed by atoms with Gasteiger partial charge in [-0.05, 0) is 19.1 Å². The summed E-state index contributed by atoms with van der Waals surface area (Å²) in [5.41, 5.74) is 1.22. The molecule has 1 heterocycles. The molecule has 2 aromatic rings. The minimum atomic E-state index is -0.459. The van der Waals surface area contributed by atoms with Crippen LogP contribution in [0, 0.1) is 5.82 Å². The topological polar surface area (TPSA) is 45.8 Å². The van der Waals surface area contributed by atoms with Crippen LogP contribution >= 0.6 is 12.6 Å². The summed E-state index contributed by atoms with van der Waals surface area (Å²) in [6, 6.07) is 2.47. The van der Waals surface area contributed by atoms with Crippen molar-refractivity contribution in [3.63, 3.8) is 0 Å². The van der Waals surface area contributed by atoms with Crippen LogP contribution in [0.1, 0.15) is 17.3 Å². The minimum absolute atomic E-state index is 0.214. The van der Waals surface area contributed by atoms with Gasteiger partial charge in [-0.25, -0.2) is 9.37 Å². The number of ketones is 1. The number of aromatic amines is 1. The highest BCUT2D eigenvalue weighted by Gasteiger charge is 2.11. The summed E-state index contributed by atoms with van der Waals surface area (Å²) < 4.78 is 13.0.